The van der Waals surface area contributed by atoms with E-state index in [1.165, 1.54) is 16.6 Å². The first-order valence-electron chi connectivity index (χ1n) is 8.19. The molecule has 0 unspecified atom stereocenters. The van der Waals surface area contributed by atoms with Gasteiger partial charge in [0.05, 0.1) is 12.9 Å². The molecule has 0 saturated carbocycles. The fourth-order valence-corrected chi connectivity index (χ4v) is 3.78. The van der Waals surface area contributed by atoms with Crippen molar-refractivity contribution in [3.63, 3.8) is 0 Å². The standard InChI is InChI=1S/C18H20N4O2S2/c1-24-15-7-3-2-5-13(15)8-9-19-17(23)12-26-18-20-16(21-22-18)11-14-6-4-10-25-14/h2-7,10H,8-9,11-12H2,1H3,(H,19,23)(H,20,21,22). The SMILES string of the molecule is COc1ccccc1CCNC(=O)CSc1n[nH]c(Cc2cccs2)n1. The zero-order chi connectivity index (χ0) is 18.2. The molecule has 0 bridgehead atoms. The first kappa shape index (κ1) is 18.5. The van der Waals surface area contributed by atoms with Gasteiger partial charge < -0.3 is 10.1 Å². The molecule has 1 aromatic carbocycles. The Morgan fingerprint density at radius 3 is 3.00 bits per heavy atom. The molecule has 3 aromatic rings. The van der Waals surface area contributed by atoms with Gasteiger partial charge in [-0.25, -0.2) is 4.98 Å². The summed E-state index contributed by atoms with van der Waals surface area (Å²) in [6.07, 6.45) is 1.46. The van der Waals surface area contributed by atoms with Gasteiger partial charge in [-0.1, -0.05) is 36.0 Å². The van der Waals surface area contributed by atoms with E-state index in [1.807, 2.05) is 35.7 Å². The number of benzene rings is 1. The van der Waals surface area contributed by atoms with E-state index < -0.39 is 0 Å². The van der Waals surface area contributed by atoms with Crippen molar-refractivity contribution in [3.05, 3.63) is 58.0 Å². The van der Waals surface area contributed by atoms with Gasteiger partial charge in [0.25, 0.3) is 0 Å². The third kappa shape index (κ3) is 5.34. The monoisotopic (exact) mass is 388 g/mol. The number of rotatable bonds is 9. The molecule has 3 rings (SSSR count). The molecule has 6 nitrogen and oxygen atoms in total. The van der Waals surface area contributed by atoms with Gasteiger partial charge in [-0.15, -0.1) is 16.4 Å². The third-order valence-corrected chi connectivity index (χ3v) is 5.40. The van der Waals surface area contributed by atoms with Crippen LogP contribution in [0.25, 0.3) is 0 Å². The largest absolute Gasteiger partial charge is 0.496 e. The Hall–Kier alpha value is -2.32. The van der Waals surface area contributed by atoms with Crippen LogP contribution in [0.15, 0.2) is 46.9 Å². The zero-order valence-corrected chi connectivity index (χ0v) is 16.0. The highest BCUT2D eigenvalue weighted by molar-refractivity contribution is 7.99. The highest BCUT2D eigenvalue weighted by Gasteiger charge is 2.09. The quantitative estimate of drug-likeness (QED) is 0.551. The summed E-state index contributed by atoms with van der Waals surface area (Å²) >= 11 is 3.02. The molecule has 136 valence electrons. The molecule has 0 atom stereocenters. The Morgan fingerprint density at radius 2 is 2.19 bits per heavy atom. The van der Waals surface area contributed by atoms with Gasteiger partial charge in [0.15, 0.2) is 0 Å². The maximum atomic E-state index is 12.0. The number of amides is 1. The Bertz CT molecular complexity index is 833. The zero-order valence-electron chi connectivity index (χ0n) is 14.4. The van der Waals surface area contributed by atoms with Crippen LogP contribution < -0.4 is 10.1 Å². The Morgan fingerprint density at radius 1 is 1.31 bits per heavy atom. The lowest BCUT2D eigenvalue weighted by atomic mass is 10.1. The van der Waals surface area contributed by atoms with Crippen molar-refractivity contribution in [1.82, 2.24) is 20.5 Å². The van der Waals surface area contributed by atoms with Crippen LogP contribution in [0.2, 0.25) is 0 Å². The minimum Gasteiger partial charge on any atom is -0.496 e. The van der Waals surface area contributed by atoms with Gasteiger partial charge in [-0.3, -0.25) is 9.89 Å². The van der Waals surface area contributed by atoms with E-state index in [1.54, 1.807) is 18.4 Å². The summed E-state index contributed by atoms with van der Waals surface area (Å²) in [4.78, 5) is 17.6. The molecule has 2 heterocycles. The fraction of sp³-hybridized carbons (Fsp3) is 0.278. The van der Waals surface area contributed by atoms with Crippen molar-refractivity contribution >= 4 is 29.0 Å². The van der Waals surface area contributed by atoms with Crippen LogP contribution in [0, 0.1) is 0 Å². The number of hydrogen-bond donors (Lipinski definition) is 2. The molecule has 0 saturated heterocycles. The second kappa shape index (κ2) is 9.40. The number of nitrogens with one attached hydrogen (secondary N) is 2. The lowest BCUT2D eigenvalue weighted by Crippen LogP contribution is -2.27. The molecular formula is C18H20N4O2S2. The van der Waals surface area contributed by atoms with Crippen molar-refractivity contribution in [2.24, 2.45) is 0 Å². The number of carbonyl (C=O) groups is 1. The molecular weight excluding hydrogens is 368 g/mol. The number of para-hydroxylation sites is 1. The van der Waals surface area contributed by atoms with Crippen LogP contribution in [-0.2, 0) is 17.6 Å². The highest BCUT2D eigenvalue weighted by Crippen LogP contribution is 2.18. The van der Waals surface area contributed by atoms with E-state index >= 15 is 0 Å². The first-order valence-corrected chi connectivity index (χ1v) is 10.1. The minimum atomic E-state index is -0.0329. The van der Waals surface area contributed by atoms with Crippen molar-refractivity contribution in [2.75, 3.05) is 19.4 Å². The van der Waals surface area contributed by atoms with Crippen LogP contribution in [0.1, 0.15) is 16.3 Å². The maximum absolute atomic E-state index is 12.0. The Labute approximate surface area is 160 Å². The third-order valence-electron chi connectivity index (χ3n) is 3.67. The van der Waals surface area contributed by atoms with Crippen molar-refractivity contribution in [2.45, 2.75) is 18.0 Å². The normalized spacial score (nSPS) is 10.7. The van der Waals surface area contributed by atoms with Crippen molar-refractivity contribution in [3.8, 4) is 5.75 Å². The fourth-order valence-electron chi connectivity index (χ4n) is 2.43. The molecule has 0 radical (unpaired) electrons. The number of carbonyl (C=O) groups excluding carboxylic acids is 1. The molecule has 0 aliphatic carbocycles. The summed E-state index contributed by atoms with van der Waals surface area (Å²) in [6.45, 7) is 0.567. The van der Waals surface area contributed by atoms with Gasteiger partial charge in [-0.2, -0.15) is 0 Å². The van der Waals surface area contributed by atoms with Gasteiger partial charge in [0, 0.05) is 17.8 Å². The number of thioether (sulfide) groups is 1. The summed E-state index contributed by atoms with van der Waals surface area (Å²) in [5, 5.41) is 12.6. The van der Waals surface area contributed by atoms with E-state index in [2.05, 4.69) is 26.6 Å². The van der Waals surface area contributed by atoms with Crippen molar-refractivity contribution in [1.29, 1.82) is 0 Å². The van der Waals surface area contributed by atoms with Gasteiger partial charge in [0.2, 0.25) is 11.1 Å². The molecule has 2 N–H and O–H groups in total. The molecule has 0 aliphatic rings. The summed E-state index contributed by atoms with van der Waals surface area (Å²) in [7, 11) is 1.65. The van der Waals surface area contributed by atoms with Gasteiger partial charge >= 0.3 is 0 Å². The number of ether oxygens (including phenoxy) is 1. The van der Waals surface area contributed by atoms with Gasteiger partial charge in [0.1, 0.15) is 11.6 Å². The average molecular weight is 389 g/mol. The second-order valence-corrected chi connectivity index (χ2v) is 7.50. The number of aromatic amines is 1. The maximum Gasteiger partial charge on any atom is 0.230 e. The van der Waals surface area contributed by atoms with Crippen LogP contribution in [0.3, 0.4) is 0 Å². The van der Waals surface area contributed by atoms with E-state index in [0.29, 0.717) is 17.5 Å². The molecule has 0 spiro atoms. The molecule has 0 aliphatic heterocycles. The summed E-state index contributed by atoms with van der Waals surface area (Å²) in [5.74, 6) is 1.92. The number of H-pyrrole nitrogens is 1. The Kier molecular flexibility index (Phi) is 6.68. The summed E-state index contributed by atoms with van der Waals surface area (Å²) in [5.41, 5.74) is 1.08. The Balaban J connectivity index is 1.39. The highest BCUT2D eigenvalue weighted by atomic mass is 32.2. The van der Waals surface area contributed by atoms with E-state index in [4.69, 9.17) is 4.74 Å². The molecule has 2 aromatic heterocycles. The average Bonchev–Trinajstić information content (AvgIpc) is 3.33. The second-order valence-electron chi connectivity index (χ2n) is 5.52. The van der Waals surface area contributed by atoms with Crippen LogP contribution in [0.4, 0.5) is 0 Å². The van der Waals surface area contributed by atoms with Gasteiger partial charge in [-0.05, 0) is 29.5 Å². The van der Waals surface area contributed by atoms with Crippen molar-refractivity contribution < 1.29 is 9.53 Å². The summed E-state index contributed by atoms with van der Waals surface area (Å²) < 4.78 is 5.31. The molecule has 1 amide bonds. The predicted octanol–water partition coefficient (Wildman–Crippen LogP) is 2.92. The lowest BCUT2D eigenvalue weighted by molar-refractivity contribution is -0.118. The van der Waals surface area contributed by atoms with Crippen LogP contribution in [-0.4, -0.2) is 40.5 Å². The predicted molar refractivity (Wildman–Crippen MR) is 104 cm³/mol. The smallest absolute Gasteiger partial charge is 0.230 e. The summed E-state index contributed by atoms with van der Waals surface area (Å²) in [6, 6.07) is 11.9. The number of aromatic nitrogens is 3. The molecule has 8 heteroatoms. The van der Waals surface area contributed by atoms with Crippen LogP contribution >= 0.6 is 23.1 Å². The molecule has 0 fully saturated rings. The number of nitrogens with zero attached hydrogens (tertiary/aromatic N) is 2. The lowest BCUT2D eigenvalue weighted by Gasteiger charge is -2.08. The number of hydrogen-bond acceptors (Lipinski definition) is 6. The van der Waals surface area contributed by atoms with E-state index in [-0.39, 0.29) is 5.91 Å². The number of methoxy groups -OCH3 is 1. The van der Waals surface area contributed by atoms with E-state index in [0.717, 1.165) is 30.0 Å². The van der Waals surface area contributed by atoms with E-state index in [9.17, 15) is 4.79 Å². The molecule has 26 heavy (non-hydrogen) atoms. The topological polar surface area (TPSA) is 79.9 Å². The van der Waals surface area contributed by atoms with Crippen LogP contribution in [0.5, 0.6) is 5.75 Å². The minimum absolute atomic E-state index is 0.0329. The first-order chi connectivity index (χ1) is 12.7. The number of thiophene rings is 1.